The zero-order chi connectivity index (χ0) is 16.8. The number of aromatic nitrogens is 2. The molecule has 1 N–H and O–H groups in total. The fourth-order valence-electron chi connectivity index (χ4n) is 2.78. The van der Waals surface area contributed by atoms with Crippen molar-refractivity contribution in [3.63, 3.8) is 0 Å². The molecule has 1 aromatic heterocycles. The van der Waals surface area contributed by atoms with Crippen molar-refractivity contribution in [3.8, 4) is 0 Å². The number of hydrogen-bond acceptors (Lipinski definition) is 3. The highest BCUT2D eigenvalue weighted by atomic mass is 19.4. The second kappa shape index (κ2) is 5.36. The van der Waals surface area contributed by atoms with Crippen LogP contribution in [0.4, 0.5) is 13.2 Å². The minimum atomic E-state index is -4.29. The topological polar surface area (TPSA) is 66.1 Å². The summed E-state index contributed by atoms with van der Waals surface area (Å²) in [6.07, 6.45) is -4.37. The van der Waals surface area contributed by atoms with E-state index in [0.717, 1.165) is 0 Å². The third-order valence-electron chi connectivity index (χ3n) is 4.01. The lowest BCUT2D eigenvalue weighted by Crippen LogP contribution is -2.32. The highest BCUT2D eigenvalue weighted by molar-refractivity contribution is 5.97. The Hall–Kier alpha value is -2.38. The number of amides is 1. The molecule has 1 aliphatic rings. The van der Waals surface area contributed by atoms with Gasteiger partial charge < -0.3 is 9.88 Å². The number of nitrogens with zero attached hydrogens (tertiary/aromatic N) is 2. The summed E-state index contributed by atoms with van der Waals surface area (Å²) in [5.74, 6) is -1.54. The molecule has 0 radical (unpaired) electrons. The Kier molecular flexibility index (Phi) is 3.62. The number of alkyl halides is 3. The zero-order valence-electron chi connectivity index (χ0n) is 12.3. The smallest absolute Gasteiger partial charge is 0.338 e. The Labute approximate surface area is 129 Å². The molecule has 1 fully saturated rings. The van der Waals surface area contributed by atoms with Gasteiger partial charge in [-0.25, -0.2) is 4.98 Å². The molecule has 122 valence electrons. The quantitative estimate of drug-likeness (QED) is 0.874. The molecule has 1 unspecified atom stereocenters. The van der Waals surface area contributed by atoms with Crippen molar-refractivity contribution in [1.82, 2.24) is 14.9 Å². The summed E-state index contributed by atoms with van der Waals surface area (Å²) in [6, 6.07) is 4.35. The number of aryl methyl sites for hydroxylation is 1. The van der Waals surface area contributed by atoms with Crippen molar-refractivity contribution in [1.29, 1.82) is 0 Å². The summed E-state index contributed by atoms with van der Waals surface area (Å²) < 4.78 is 38.1. The number of aromatic amines is 1. The van der Waals surface area contributed by atoms with Crippen LogP contribution >= 0.6 is 0 Å². The van der Waals surface area contributed by atoms with Gasteiger partial charge in [0.1, 0.15) is 5.82 Å². The van der Waals surface area contributed by atoms with Crippen LogP contribution in [-0.4, -0.2) is 40.0 Å². The number of likely N-dealkylation sites (tertiary alicyclic amines) is 1. The van der Waals surface area contributed by atoms with Crippen LogP contribution in [0.2, 0.25) is 0 Å². The molecule has 0 bridgehead atoms. The second-order valence-electron chi connectivity index (χ2n) is 5.66. The van der Waals surface area contributed by atoms with Crippen molar-refractivity contribution in [3.05, 3.63) is 39.9 Å². The van der Waals surface area contributed by atoms with E-state index in [1.54, 1.807) is 6.92 Å². The third kappa shape index (κ3) is 2.93. The molecule has 1 aliphatic heterocycles. The van der Waals surface area contributed by atoms with E-state index in [1.165, 1.54) is 23.1 Å². The average Bonchev–Trinajstić information content (AvgIpc) is 2.95. The molecule has 2 heterocycles. The van der Waals surface area contributed by atoms with Crippen molar-refractivity contribution < 1.29 is 18.0 Å². The van der Waals surface area contributed by atoms with Gasteiger partial charge in [0.05, 0.1) is 16.8 Å². The molecule has 8 heteroatoms. The van der Waals surface area contributed by atoms with E-state index >= 15 is 0 Å². The first-order valence-electron chi connectivity index (χ1n) is 7.12. The summed E-state index contributed by atoms with van der Waals surface area (Å²) in [7, 11) is 0. The first-order chi connectivity index (χ1) is 10.8. The number of benzene rings is 1. The van der Waals surface area contributed by atoms with Crippen LogP contribution in [0.15, 0.2) is 23.0 Å². The van der Waals surface area contributed by atoms with Crippen molar-refractivity contribution in [2.45, 2.75) is 19.5 Å². The Morgan fingerprint density at radius 2 is 2.13 bits per heavy atom. The lowest BCUT2D eigenvalue weighted by molar-refractivity contribution is -0.169. The molecule has 0 aliphatic carbocycles. The van der Waals surface area contributed by atoms with Gasteiger partial charge in [0.15, 0.2) is 0 Å². The van der Waals surface area contributed by atoms with Gasteiger partial charge in [-0.05, 0) is 31.5 Å². The highest BCUT2D eigenvalue weighted by Gasteiger charge is 2.44. The predicted octanol–water partition coefficient (Wildman–Crippen LogP) is 2.26. The van der Waals surface area contributed by atoms with Gasteiger partial charge in [-0.15, -0.1) is 0 Å². The van der Waals surface area contributed by atoms with Crippen LogP contribution < -0.4 is 5.56 Å². The van der Waals surface area contributed by atoms with Crippen LogP contribution in [0.25, 0.3) is 10.9 Å². The Balaban J connectivity index is 1.89. The maximum absolute atomic E-state index is 12.7. The molecule has 1 saturated heterocycles. The highest BCUT2D eigenvalue weighted by Crippen LogP contribution is 2.34. The van der Waals surface area contributed by atoms with Crippen LogP contribution in [0.5, 0.6) is 0 Å². The van der Waals surface area contributed by atoms with Crippen LogP contribution in [0.3, 0.4) is 0 Å². The van der Waals surface area contributed by atoms with E-state index in [2.05, 4.69) is 9.97 Å². The minimum absolute atomic E-state index is 0.0723. The summed E-state index contributed by atoms with van der Waals surface area (Å²) in [6.45, 7) is 1.36. The van der Waals surface area contributed by atoms with Gasteiger partial charge in [-0.1, -0.05) is 0 Å². The maximum Gasteiger partial charge on any atom is 0.393 e. The van der Waals surface area contributed by atoms with E-state index in [9.17, 15) is 22.8 Å². The van der Waals surface area contributed by atoms with Gasteiger partial charge >= 0.3 is 6.18 Å². The van der Waals surface area contributed by atoms with E-state index in [4.69, 9.17) is 0 Å². The fourth-order valence-corrected chi connectivity index (χ4v) is 2.78. The van der Waals surface area contributed by atoms with Crippen LogP contribution in [0, 0.1) is 12.8 Å². The minimum Gasteiger partial charge on any atom is -0.338 e. The van der Waals surface area contributed by atoms with Gasteiger partial charge in [-0.2, -0.15) is 13.2 Å². The largest absolute Gasteiger partial charge is 0.393 e. The van der Waals surface area contributed by atoms with E-state index in [-0.39, 0.29) is 30.6 Å². The molecule has 23 heavy (non-hydrogen) atoms. The summed E-state index contributed by atoms with van der Waals surface area (Å²) in [5.41, 5.74) is 0.270. The van der Waals surface area contributed by atoms with Gasteiger partial charge in [-0.3, -0.25) is 9.59 Å². The first-order valence-corrected chi connectivity index (χ1v) is 7.12. The summed E-state index contributed by atoms with van der Waals surface area (Å²) >= 11 is 0. The number of nitrogens with one attached hydrogen (secondary N) is 1. The predicted molar refractivity (Wildman–Crippen MR) is 77.2 cm³/mol. The van der Waals surface area contributed by atoms with Crippen molar-refractivity contribution >= 4 is 16.8 Å². The number of carbonyl (C=O) groups is 1. The molecule has 1 atom stereocenters. The Morgan fingerprint density at radius 3 is 2.78 bits per heavy atom. The maximum atomic E-state index is 12.7. The lowest BCUT2D eigenvalue weighted by atomic mass is 10.1. The molecule has 3 rings (SSSR count). The molecule has 2 aromatic rings. The summed E-state index contributed by atoms with van der Waals surface area (Å²) in [5, 5.41) is 0.335. The third-order valence-corrected chi connectivity index (χ3v) is 4.01. The SMILES string of the molecule is Cc1nc2cc(C(=O)N3CCC(C(F)(F)F)C3)ccc2c(=O)[nH]1. The number of halogens is 3. The van der Waals surface area contributed by atoms with Crippen LogP contribution in [0.1, 0.15) is 22.6 Å². The normalized spacial score (nSPS) is 18.6. The Morgan fingerprint density at radius 1 is 1.39 bits per heavy atom. The standard InChI is InChI=1S/C15H14F3N3O2/c1-8-19-12-6-9(2-3-11(12)13(22)20-8)14(23)21-5-4-10(7-21)15(16,17)18/h2-3,6,10H,4-5,7H2,1H3,(H,19,20,22). The number of carbonyl (C=O) groups excluding carboxylic acids is 1. The van der Waals surface area contributed by atoms with Gasteiger partial charge in [0, 0.05) is 18.7 Å². The number of H-pyrrole nitrogens is 1. The lowest BCUT2D eigenvalue weighted by Gasteiger charge is -2.18. The summed E-state index contributed by atoms with van der Waals surface area (Å²) in [4.78, 5) is 32.1. The second-order valence-corrected chi connectivity index (χ2v) is 5.66. The number of rotatable bonds is 1. The number of hydrogen-bond donors (Lipinski definition) is 1. The number of fused-ring (bicyclic) bond motifs is 1. The molecule has 1 amide bonds. The van der Waals surface area contributed by atoms with Crippen molar-refractivity contribution in [2.75, 3.05) is 13.1 Å². The molecule has 0 spiro atoms. The monoisotopic (exact) mass is 325 g/mol. The molecular formula is C15H14F3N3O2. The first kappa shape index (κ1) is 15.5. The molecule has 1 aromatic carbocycles. The van der Waals surface area contributed by atoms with E-state index in [1.807, 2.05) is 0 Å². The zero-order valence-corrected chi connectivity index (χ0v) is 12.3. The molecule has 0 saturated carbocycles. The van der Waals surface area contributed by atoms with Gasteiger partial charge in [0.25, 0.3) is 11.5 Å². The van der Waals surface area contributed by atoms with E-state index < -0.39 is 18.0 Å². The van der Waals surface area contributed by atoms with Gasteiger partial charge in [0.2, 0.25) is 0 Å². The average molecular weight is 325 g/mol. The fraction of sp³-hybridized carbons (Fsp3) is 0.400. The molecule has 5 nitrogen and oxygen atoms in total. The van der Waals surface area contributed by atoms with Crippen LogP contribution in [-0.2, 0) is 0 Å². The molecular weight excluding hydrogens is 311 g/mol. The Bertz CT molecular complexity index is 829. The van der Waals surface area contributed by atoms with E-state index in [0.29, 0.717) is 16.7 Å². The van der Waals surface area contributed by atoms with Crippen molar-refractivity contribution in [2.24, 2.45) is 5.92 Å².